The Morgan fingerprint density at radius 2 is 0.976 bits per heavy atom. The molecule has 2 heterocycles. The Morgan fingerprint density at radius 3 is 1.57 bits per heavy atom. The molecule has 0 saturated carbocycles. The van der Waals surface area contributed by atoms with E-state index in [4.69, 9.17) is 26.6 Å². The summed E-state index contributed by atoms with van der Waals surface area (Å²) >= 11 is 6.85. The summed E-state index contributed by atoms with van der Waals surface area (Å²) in [5, 5.41) is 5.42. The van der Waals surface area contributed by atoms with Crippen LogP contribution in [0, 0.1) is 0 Å². The first kappa shape index (κ1) is 24.5. The van der Waals surface area contributed by atoms with E-state index in [0.29, 0.717) is 22.5 Å². The molecule has 0 unspecified atom stereocenters. The number of hydrogen-bond donors (Lipinski definition) is 0. The topological polar surface area (TPSA) is 43.6 Å². The van der Waals surface area contributed by atoms with Gasteiger partial charge in [0.2, 0.25) is 0 Å². The standard InChI is InChI=1S/C37H23ClN4/c38-32-17-9-16-30-31-22-27-14-7-8-15-28(27)23-33(31)42(34(30)32)29-20-18-26(19-21-29)37-40-35(24-10-3-1-4-11-24)39-36(41-37)25-12-5-2-6-13-25/h1-23H. The second kappa shape index (κ2) is 9.95. The van der Waals surface area contributed by atoms with E-state index in [1.165, 1.54) is 16.2 Å². The molecule has 0 amide bonds. The van der Waals surface area contributed by atoms with Crippen molar-refractivity contribution in [3.63, 3.8) is 0 Å². The van der Waals surface area contributed by atoms with Gasteiger partial charge in [0.15, 0.2) is 17.5 Å². The zero-order valence-corrected chi connectivity index (χ0v) is 23.2. The van der Waals surface area contributed by atoms with E-state index in [1.54, 1.807) is 0 Å². The third-order valence-corrected chi connectivity index (χ3v) is 7.99. The number of fused-ring (bicyclic) bond motifs is 4. The normalized spacial score (nSPS) is 11.5. The van der Waals surface area contributed by atoms with Crippen LogP contribution in [0.1, 0.15) is 0 Å². The fraction of sp³-hybridized carbons (Fsp3) is 0. The van der Waals surface area contributed by atoms with Crippen LogP contribution < -0.4 is 0 Å². The van der Waals surface area contributed by atoms with Gasteiger partial charge >= 0.3 is 0 Å². The zero-order valence-electron chi connectivity index (χ0n) is 22.4. The first-order valence-electron chi connectivity index (χ1n) is 13.8. The fourth-order valence-corrected chi connectivity index (χ4v) is 5.93. The third kappa shape index (κ3) is 4.12. The monoisotopic (exact) mass is 558 g/mol. The molecule has 4 nitrogen and oxygen atoms in total. The highest BCUT2D eigenvalue weighted by Gasteiger charge is 2.17. The minimum Gasteiger partial charge on any atom is -0.308 e. The van der Waals surface area contributed by atoms with Gasteiger partial charge in [0.25, 0.3) is 0 Å². The molecule has 8 rings (SSSR count). The predicted molar refractivity (Wildman–Crippen MR) is 173 cm³/mol. The van der Waals surface area contributed by atoms with Crippen LogP contribution >= 0.6 is 11.6 Å². The number of aromatic nitrogens is 4. The van der Waals surface area contributed by atoms with Crippen molar-refractivity contribution >= 4 is 44.2 Å². The first-order chi connectivity index (χ1) is 20.7. The van der Waals surface area contributed by atoms with Crippen LogP contribution in [0.2, 0.25) is 5.02 Å². The summed E-state index contributed by atoms with van der Waals surface area (Å²) in [7, 11) is 0. The molecule has 0 fully saturated rings. The molecule has 0 radical (unpaired) electrons. The molecule has 0 spiro atoms. The molecule has 0 atom stereocenters. The van der Waals surface area contributed by atoms with Gasteiger partial charge in [0.05, 0.1) is 16.1 Å². The van der Waals surface area contributed by atoms with Crippen LogP contribution in [0.3, 0.4) is 0 Å². The largest absolute Gasteiger partial charge is 0.308 e. The maximum Gasteiger partial charge on any atom is 0.164 e. The van der Waals surface area contributed by atoms with Crippen molar-refractivity contribution in [1.82, 2.24) is 19.5 Å². The van der Waals surface area contributed by atoms with E-state index in [9.17, 15) is 0 Å². The van der Waals surface area contributed by atoms with Crippen molar-refractivity contribution in [3.05, 3.63) is 145 Å². The van der Waals surface area contributed by atoms with Gasteiger partial charge in [-0.3, -0.25) is 0 Å². The average Bonchev–Trinajstić information content (AvgIpc) is 3.38. The molecule has 0 bridgehead atoms. The van der Waals surface area contributed by atoms with Crippen LogP contribution in [0.5, 0.6) is 0 Å². The van der Waals surface area contributed by atoms with E-state index in [0.717, 1.165) is 38.8 Å². The minimum atomic E-state index is 0.625. The molecule has 0 N–H and O–H groups in total. The predicted octanol–water partition coefficient (Wildman–Crippen LogP) is 9.78. The van der Waals surface area contributed by atoms with Crippen molar-refractivity contribution in [2.24, 2.45) is 0 Å². The summed E-state index contributed by atoms with van der Waals surface area (Å²) < 4.78 is 2.25. The number of benzene rings is 6. The van der Waals surface area contributed by atoms with Gasteiger partial charge < -0.3 is 4.57 Å². The van der Waals surface area contributed by atoms with Crippen molar-refractivity contribution in [2.75, 3.05) is 0 Å². The highest BCUT2D eigenvalue weighted by atomic mass is 35.5. The number of halogens is 1. The van der Waals surface area contributed by atoms with Gasteiger partial charge in [0.1, 0.15) is 0 Å². The van der Waals surface area contributed by atoms with Crippen molar-refractivity contribution in [1.29, 1.82) is 0 Å². The highest BCUT2D eigenvalue weighted by Crippen LogP contribution is 2.38. The molecule has 42 heavy (non-hydrogen) atoms. The summed E-state index contributed by atoms with van der Waals surface area (Å²) in [4.78, 5) is 14.6. The lowest BCUT2D eigenvalue weighted by Gasteiger charge is -2.11. The molecule has 0 aliphatic carbocycles. The lowest BCUT2D eigenvalue weighted by molar-refractivity contribution is 1.07. The van der Waals surface area contributed by atoms with Crippen molar-refractivity contribution < 1.29 is 0 Å². The molecule has 6 aromatic carbocycles. The third-order valence-electron chi connectivity index (χ3n) is 7.69. The van der Waals surface area contributed by atoms with E-state index >= 15 is 0 Å². The van der Waals surface area contributed by atoms with E-state index in [1.807, 2.05) is 72.8 Å². The molecule has 8 aromatic rings. The van der Waals surface area contributed by atoms with Gasteiger partial charge in [-0.2, -0.15) is 0 Å². The highest BCUT2D eigenvalue weighted by molar-refractivity contribution is 6.36. The Morgan fingerprint density at radius 1 is 0.452 bits per heavy atom. The molecular formula is C37H23ClN4. The Labute approximate surface area is 247 Å². The van der Waals surface area contributed by atoms with Gasteiger partial charge in [-0.05, 0) is 53.2 Å². The zero-order chi connectivity index (χ0) is 28.0. The Hall–Kier alpha value is -5.32. The van der Waals surface area contributed by atoms with Crippen molar-refractivity contribution in [3.8, 4) is 39.9 Å². The summed E-state index contributed by atoms with van der Waals surface area (Å²) in [5.41, 5.74) is 5.93. The molecule has 198 valence electrons. The van der Waals surface area contributed by atoms with Crippen molar-refractivity contribution in [2.45, 2.75) is 0 Å². The van der Waals surface area contributed by atoms with E-state index in [-0.39, 0.29) is 0 Å². The second-order valence-electron chi connectivity index (χ2n) is 10.3. The summed E-state index contributed by atoms with van der Waals surface area (Å²) in [6.07, 6.45) is 0. The van der Waals surface area contributed by atoms with Gasteiger partial charge in [-0.25, -0.2) is 15.0 Å². The first-order valence-corrected chi connectivity index (χ1v) is 14.2. The van der Waals surface area contributed by atoms with Crippen LogP contribution in [-0.4, -0.2) is 19.5 Å². The summed E-state index contributed by atoms with van der Waals surface area (Å²) in [6, 6.07) is 47.5. The Bertz CT molecular complexity index is 2180. The van der Waals surface area contributed by atoms with Crippen LogP contribution in [0.25, 0.3) is 72.4 Å². The van der Waals surface area contributed by atoms with Crippen LogP contribution in [0.15, 0.2) is 140 Å². The molecule has 0 aliphatic rings. The van der Waals surface area contributed by atoms with Crippen LogP contribution in [0.4, 0.5) is 0 Å². The second-order valence-corrected chi connectivity index (χ2v) is 10.7. The summed E-state index contributed by atoms with van der Waals surface area (Å²) in [5.74, 6) is 1.91. The number of para-hydroxylation sites is 1. The van der Waals surface area contributed by atoms with Gasteiger partial charge in [-0.15, -0.1) is 0 Å². The smallest absolute Gasteiger partial charge is 0.164 e. The summed E-state index contributed by atoms with van der Waals surface area (Å²) in [6.45, 7) is 0. The molecule has 5 heteroatoms. The maximum absolute atomic E-state index is 6.85. The maximum atomic E-state index is 6.85. The molecule has 0 aliphatic heterocycles. The van der Waals surface area contributed by atoms with Gasteiger partial charge in [-0.1, -0.05) is 109 Å². The number of nitrogens with zero attached hydrogens (tertiary/aromatic N) is 4. The number of hydrogen-bond acceptors (Lipinski definition) is 3. The van der Waals surface area contributed by atoms with E-state index < -0.39 is 0 Å². The Kier molecular flexibility index (Phi) is 5.80. The average molecular weight is 559 g/mol. The number of rotatable bonds is 4. The van der Waals surface area contributed by atoms with Crippen LogP contribution in [-0.2, 0) is 0 Å². The quantitative estimate of drug-likeness (QED) is 0.216. The Balaban J connectivity index is 1.30. The SMILES string of the molecule is Clc1cccc2c3cc4ccccc4cc3n(-c3ccc(-c4nc(-c5ccccc5)nc(-c5ccccc5)n4)cc3)c12. The molecule has 2 aromatic heterocycles. The molecular weight excluding hydrogens is 536 g/mol. The van der Waals surface area contributed by atoms with Gasteiger partial charge in [0, 0.05) is 33.2 Å². The van der Waals surface area contributed by atoms with E-state index in [2.05, 4.69) is 71.3 Å². The molecule has 0 saturated heterocycles. The lowest BCUT2D eigenvalue weighted by atomic mass is 10.1. The minimum absolute atomic E-state index is 0.625. The lowest BCUT2D eigenvalue weighted by Crippen LogP contribution is -2.00. The fourth-order valence-electron chi connectivity index (χ4n) is 5.67.